The number of aromatic nitrogens is 1. The molecule has 25 heavy (non-hydrogen) atoms. The Balaban J connectivity index is 1.68. The Morgan fingerprint density at radius 1 is 1.04 bits per heavy atom. The van der Waals surface area contributed by atoms with Crippen molar-refractivity contribution in [1.82, 2.24) is 4.98 Å². The van der Waals surface area contributed by atoms with Crippen molar-refractivity contribution < 1.29 is 13.6 Å². The Labute approximate surface area is 145 Å². The van der Waals surface area contributed by atoms with Gasteiger partial charge < -0.3 is 10.6 Å². The number of halogens is 2. The van der Waals surface area contributed by atoms with Gasteiger partial charge in [0.2, 0.25) is 0 Å². The number of amides is 1. The molecule has 0 aliphatic heterocycles. The van der Waals surface area contributed by atoms with Crippen molar-refractivity contribution >= 4 is 17.3 Å². The van der Waals surface area contributed by atoms with Gasteiger partial charge in [-0.1, -0.05) is 25.7 Å². The largest absolute Gasteiger partial charge is 0.381 e. The Kier molecular flexibility index (Phi) is 5.58. The third kappa shape index (κ3) is 4.75. The Morgan fingerprint density at radius 2 is 1.80 bits per heavy atom. The number of hydrogen-bond donors (Lipinski definition) is 2. The van der Waals surface area contributed by atoms with Crippen molar-refractivity contribution in [2.24, 2.45) is 0 Å². The average Bonchev–Trinajstić information content (AvgIpc) is 2.86. The molecule has 1 aromatic heterocycles. The number of nitrogens with one attached hydrogen (secondary N) is 2. The quantitative estimate of drug-likeness (QED) is 0.787. The van der Waals surface area contributed by atoms with Crippen LogP contribution in [0.4, 0.5) is 20.2 Å². The lowest BCUT2D eigenvalue weighted by Gasteiger charge is -2.17. The molecule has 0 radical (unpaired) electrons. The summed E-state index contributed by atoms with van der Waals surface area (Å²) in [5.41, 5.74) is 1.04. The molecule has 0 spiro atoms. The molecule has 1 fully saturated rings. The third-order valence-electron chi connectivity index (χ3n) is 4.41. The summed E-state index contributed by atoms with van der Waals surface area (Å²) in [6, 6.07) is 5.12. The van der Waals surface area contributed by atoms with Crippen LogP contribution < -0.4 is 10.6 Å². The lowest BCUT2D eigenvalue weighted by atomic mass is 10.1. The molecule has 1 aromatic carbocycles. The zero-order chi connectivity index (χ0) is 17.6. The minimum absolute atomic E-state index is 0.0615. The summed E-state index contributed by atoms with van der Waals surface area (Å²) in [6.45, 7) is 0. The molecule has 2 N–H and O–H groups in total. The number of nitrogens with zero attached hydrogens (tertiary/aromatic N) is 1. The zero-order valence-electron chi connectivity index (χ0n) is 13.9. The first-order valence-corrected chi connectivity index (χ1v) is 8.60. The van der Waals surface area contributed by atoms with Gasteiger partial charge in [0.05, 0.1) is 16.9 Å². The summed E-state index contributed by atoms with van der Waals surface area (Å²) in [4.78, 5) is 16.4. The van der Waals surface area contributed by atoms with Gasteiger partial charge in [0, 0.05) is 24.5 Å². The summed E-state index contributed by atoms with van der Waals surface area (Å²) in [5.74, 6) is -1.98. The molecule has 4 nitrogen and oxygen atoms in total. The minimum Gasteiger partial charge on any atom is -0.381 e. The molecular weight excluding hydrogens is 324 g/mol. The molecule has 0 bridgehead atoms. The second-order valence-corrected chi connectivity index (χ2v) is 6.37. The minimum atomic E-state index is -0.811. The standard InChI is InChI=1S/C19H21F2N3O/c20-14-7-8-18(17(21)10-14)24-19(25)13-9-16(12-22-11-13)23-15-5-3-1-2-4-6-15/h7-12,15,23H,1-6H2,(H,24,25). The first-order valence-electron chi connectivity index (χ1n) is 8.60. The maximum atomic E-state index is 13.7. The van der Waals surface area contributed by atoms with Crippen LogP contribution in [0.2, 0.25) is 0 Å². The van der Waals surface area contributed by atoms with Gasteiger partial charge in [-0.3, -0.25) is 9.78 Å². The number of pyridine rings is 1. The molecule has 0 atom stereocenters. The first kappa shape index (κ1) is 17.3. The molecule has 2 aromatic rings. The molecule has 1 aliphatic carbocycles. The van der Waals surface area contributed by atoms with E-state index < -0.39 is 17.5 Å². The van der Waals surface area contributed by atoms with Crippen LogP contribution >= 0.6 is 0 Å². The van der Waals surface area contributed by atoms with Crippen molar-refractivity contribution in [3.05, 3.63) is 53.9 Å². The highest BCUT2D eigenvalue weighted by atomic mass is 19.1. The number of rotatable bonds is 4. The fourth-order valence-electron chi connectivity index (χ4n) is 3.09. The van der Waals surface area contributed by atoms with Crippen molar-refractivity contribution in [2.75, 3.05) is 10.6 Å². The average molecular weight is 345 g/mol. The van der Waals surface area contributed by atoms with Crippen molar-refractivity contribution in [2.45, 2.75) is 44.6 Å². The molecule has 6 heteroatoms. The van der Waals surface area contributed by atoms with Gasteiger partial charge in [0.25, 0.3) is 5.91 Å². The monoisotopic (exact) mass is 345 g/mol. The molecular formula is C19H21F2N3O. The third-order valence-corrected chi connectivity index (χ3v) is 4.41. The SMILES string of the molecule is O=C(Nc1ccc(F)cc1F)c1cncc(NC2CCCCCC2)c1. The van der Waals surface area contributed by atoms with Crippen LogP contribution in [0.3, 0.4) is 0 Å². The molecule has 1 aliphatic rings. The number of hydrogen-bond acceptors (Lipinski definition) is 3. The van der Waals surface area contributed by atoms with Gasteiger partial charge in [0.1, 0.15) is 11.6 Å². The van der Waals surface area contributed by atoms with Crippen LogP contribution in [0.1, 0.15) is 48.9 Å². The highest BCUT2D eigenvalue weighted by Crippen LogP contribution is 2.22. The number of benzene rings is 1. The van der Waals surface area contributed by atoms with Crippen LogP contribution in [0.15, 0.2) is 36.7 Å². The van der Waals surface area contributed by atoms with Crippen LogP contribution in [-0.4, -0.2) is 16.9 Å². The van der Waals surface area contributed by atoms with Crippen LogP contribution in [0.5, 0.6) is 0 Å². The molecule has 3 rings (SSSR count). The van der Waals surface area contributed by atoms with E-state index in [2.05, 4.69) is 15.6 Å². The van der Waals surface area contributed by atoms with E-state index in [0.29, 0.717) is 11.6 Å². The van der Waals surface area contributed by atoms with Gasteiger partial charge in [0.15, 0.2) is 0 Å². The van der Waals surface area contributed by atoms with E-state index in [0.717, 1.165) is 30.7 Å². The molecule has 0 saturated heterocycles. The zero-order valence-corrected chi connectivity index (χ0v) is 13.9. The summed E-state index contributed by atoms with van der Waals surface area (Å²) in [6.07, 6.45) is 10.3. The molecule has 1 heterocycles. The van der Waals surface area contributed by atoms with Gasteiger partial charge >= 0.3 is 0 Å². The van der Waals surface area contributed by atoms with E-state index in [4.69, 9.17) is 0 Å². The van der Waals surface area contributed by atoms with E-state index in [-0.39, 0.29) is 5.69 Å². The molecule has 1 saturated carbocycles. The van der Waals surface area contributed by atoms with Gasteiger partial charge in [-0.05, 0) is 31.0 Å². The van der Waals surface area contributed by atoms with Gasteiger partial charge in [-0.25, -0.2) is 8.78 Å². The first-order chi connectivity index (χ1) is 12.1. The normalized spacial score (nSPS) is 15.4. The maximum absolute atomic E-state index is 13.7. The second-order valence-electron chi connectivity index (χ2n) is 6.37. The van der Waals surface area contributed by atoms with E-state index in [1.165, 1.54) is 37.9 Å². The Morgan fingerprint density at radius 3 is 2.52 bits per heavy atom. The summed E-state index contributed by atoms with van der Waals surface area (Å²) in [7, 11) is 0. The Bertz CT molecular complexity index is 743. The van der Waals surface area contributed by atoms with E-state index >= 15 is 0 Å². The van der Waals surface area contributed by atoms with Crippen molar-refractivity contribution in [1.29, 1.82) is 0 Å². The lowest BCUT2D eigenvalue weighted by molar-refractivity contribution is 0.102. The van der Waals surface area contributed by atoms with Crippen LogP contribution in [0.25, 0.3) is 0 Å². The Hall–Kier alpha value is -2.50. The maximum Gasteiger partial charge on any atom is 0.257 e. The van der Waals surface area contributed by atoms with Crippen LogP contribution in [-0.2, 0) is 0 Å². The van der Waals surface area contributed by atoms with Gasteiger partial charge in [-0.15, -0.1) is 0 Å². The van der Waals surface area contributed by atoms with E-state index in [1.807, 2.05) is 0 Å². The topological polar surface area (TPSA) is 54.0 Å². The summed E-state index contributed by atoms with van der Waals surface area (Å²) < 4.78 is 26.6. The van der Waals surface area contributed by atoms with Crippen molar-refractivity contribution in [3.8, 4) is 0 Å². The number of carbonyl (C=O) groups is 1. The van der Waals surface area contributed by atoms with E-state index in [9.17, 15) is 13.6 Å². The highest BCUT2D eigenvalue weighted by Gasteiger charge is 2.14. The van der Waals surface area contributed by atoms with Crippen LogP contribution in [0, 0.1) is 11.6 Å². The predicted molar refractivity (Wildman–Crippen MR) is 93.7 cm³/mol. The molecule has 0 unspecified atom stereocenters. The van der Waals surface area contributed by atoms with E-state index in [1.54, 1.807) is 12.3 Å². The molecule has 132 valence electrons. The smallest absolute Gasteiger partial charge is 0.257 e. The summed E-state index contributed by atoms with van der Waals surface area (Å²) in [5, 5.41) is 5.88. The van der Waals surface area contributed by atoms with Gasteiger partial charge in [-0.2, -0.15) is 0 Å². The summed E-state index contributed by atoms with van der Waals surface area (Å²) >= 11 is 0. The number of anilines is 2. The highest BCUT2D eigenvalue weighted by molar-refractivity contribution is 6.04. The fourth-order valence-corrected chi connectivity index (χ4v) is 3.09. The predicted octanol–water partition coefficient (Wildman–Crippen LogP) is 4.75. The number of carbonyl (C=O) groups excluding carboxylic acids is 1. The fraction of sp³-hybridized carbons (Fsp3) is 0.368. The van der Waals surface area contributed by atoms with Crippen molar-refractivity contribution in [3.63, 3.8) is 0 Å². The molecule has 1 amide bonds. The lowest BCUT2D eigenvalue weighted by Crippen LogP contribution is -2.19. The second kappa shape index (κ2) is 8.05.